The molecule has 2 heteroatoms. The first-order chi connectivity index (χ1) is 12.7. The number of aryl methyl sites for hydroxylation is 1. The lowest BCUT2D eigenvalue weighted by molar-refractivity contribution is 0.281. The highest BCUT2D eigenvalue weighted by atomic mass is 16.3. The van der Waals surface area contributed by atoms with E-state index in [4.69, 9.17) is 0 Å². The van der Waals surface area contributed by atoms with Gasteiger partial charge in [0.25, 0.3) is 0 Å². The molecule has 1 unspecified atom stereocenters. The Morgan fingerprint density at radius 2 is 1.62 bits per heavy atom. The van der Waals surface area contributed by atoms with E-state index in [1.807, 2.05) is 12.1 Å². The van der Waals surface area contributed by atoms with E-state index in [2.05, 4.69) is 54.3 Å². The Balaban J connectivity index is 1.24. The highest BCUT2D eigenvalue weighted by Crippen LogP contribution is 2.43. The second kappa shape index (κ2) is 7.84. The van der Waals surface area contributed by atoms with E-state index < -0.39 is 0 Å². The molecule has 2 nitrogen and oxygen atoms in total. The van der Waals surface area contributed by atoms with Crippen LogP contribution in [-0.2, 0) is 6.42 Å². The zero-order valence-electron chi connectivity index (χ0n) is 15.8. The summed E-state index contributed by atoms with van der Waals surface area (Å²) in [7, 11) is 0. The van der Waals surface area contributed by atoms with Crippen LogP contribution in [0.5, 0.6) is 5.75 Å². The van der Waals surface area contributed by atoms with Crippen LogP contribution in [0.25, 0.3) is 0 Å². The molecule has 2 aromatic carbocycles. The van der Waals surface area contributed by atoms with Crippen LogP contribution >= 0.6 is 0 Å². The molecule has 1 saturated heterocycles. The van der Waals surface area contributed by atoms with Crippen LogP contribution in [0, 0.1) is 17.8 Å². The van der Waals surface area contributed by atoms with Crippen LogP contribution < -0.4 is 0 Å². The van der Waals surface area contributed by atoms with Gasteiger partial charge in [-0.05, 0) is 72.6 Å². The lowest BCUT2D eigenvalue weighted by atomic mass is 9.96. The van der Waals surface area contributed by atoms with Crippen molar-refractivity contribution >= 4 is 0 Å². The average molecular weight is 350 g/mol. The number of phenols is 1. The molecule has 26 heavy (non-hydrogen) atoms. The Kier molecular flexibility index (Phi) is 5.31. The third kappa shape index (κ3) is 4.12. The van der Waals surface area contributed by atoms with Crippen LogP contribution in [0.3, 0.4) is 0 Å². The van der Waals surface area contributed by atoms with Gasteiger partial charge in [0, 0.05) is 19.6 Å². The molecule has 1 heterocycles. The first-order valence-corrected chi connectivity index (χ1v) is 10.2. The van der Waals surface area contributed by atoms with Crippen molar-refractivity contribution in [3.63, 3.8) is 0 Å². The summed E-state index contributed by atoms with van der Waals surface area (Å²) in [6, 6.07) is 18.7. The molecule has 1 aliphatic carbocycles. The predicted molar refractivity (Wildman–Crippen MR) is 107 cm³/mol. The van der Waals surface area contributed by atoms with Gasteiger partial charge >= 0.3 is 0 Å². The molecule has 0 amide bonds. The summed E-state index contributed by atoms with van der Waals surface area (Å²) in [4.78, 5) is 2.68. The number of fused-ring (bicyclic) bond motifs is 1. The van der Waals surface area contributed by atoms with Crippen LogP contribution in [-0.4, -0.2) is 29.6 Å². The minimum Gasteiger partial charge on any atom is -0.508 e. The summed E-state index contributed by atoms with van der Waals surface area (Å²) < 4.78 is 0. The SMILES string of the molecule is CC(CN1C[C@H]2C[C@H](CCc3ccccc3)C[C@H]2C1)c1ccc(O)cc1. The fourth-order valence-corrected chi connectivity index (χ4v) is 5.22. The third-order valence-corrected chi connectivity index (χ3v) is 6.60. The van der Waals surface area contributed by atoms with E-state index in [1.165, 1.54) is 49.9 Å². The van der Waals surface area contributed by atoms with Crippen LogP contribution in [0.2, 0.25) is 0 Å². The second-order valence-electron chi connectivity index (χ2n) is 8.59. The number of hydrogen-bond acceptors (Lipinski definition) is 2. The van der Waals surface area contributed by atoms with Gasteiger partial charge in [0.1, 0.15) is 5.75 Å². The zero-order chi connectivity index (χ0) is 17.9. The van der Waals surface area contributed by atoms with Crippen LogP contribution in [0.15, 0.2) is 54.6 Å². The van der Waals surface area contributed by atoms with Crippen molar-refractivity contribution in [2.45, 2.75) is 38.5 Å². The number of nitrogens with zero attached hydrogens (tertiary/aromatic N) is 1. The second-order valence-corrected chi connectivity index (χ2v) is 8.59. The summed E-state index contributed by atoms with van der Waals surface area (Å²) in [5.41, 5.74) is 2.83. The first-order valence-electron chi connectivity index (χ1n) is 10.2. The predicted octanol–water partition coefficient (Wildman–Crippen LogP) is 5.09. The van der Waals surface area contributed by atoms with Gasteiger partial charge in [0.2, 0.25) is 0 Å². The monoisotopic (exact) mass is 349 g/mol. The topological polar surface area (TPSA) is 23.5 Å². The summed E-state index contributed by atoms with van der Waals surface area (Å²) in [5.74, 6) is 3.66. The van der Waals surface area contributed by atoms with Crippen molar-refractivity contribution in [3.8, 4) is 5.75 Å². The molecule has 2 fully saturated rings. The van der Waals surface area contributed by atoms with E-state index in [9.17, 15) is 5.11 Å². The van der Waals surface area contributed by atoms with Crippen molar-refractivity contribution in [1.29, 1.82) is 0 Å². The number of phenolic OH excluding ortho intramolecular Hbond substituents is 1. The molecule has 0 spiro atoms. The Morgan fingerprint density at radius 1 is 0.962 bits per heavy atom. The highest BCUT2D eigenvalue weighted by Gasteiger charge is 2.40. The number of rotatable bonds is 6. The molecular formula is C24H31NO. The Morgan fingerprint density at radius 3 is 2.27 bits per heavy atom. The molecule has 2 aromatic rings. The Hall–Kier alpha value is -1.80. The zero-order valence-corrected chi connectivity index (χ0v) is 15.8. The van der Waals surface area contributed by atoms with E-state index in [0.29, 0.717) is 11.7 Å². The van der Waals surface area contributed by atoms with Gasteiger partial charge in [-0.1, -0.05) is 49.4 Å². The lowest BCUT2D eigenvalue weighted by Crippen LogP contribution is -2.27. The molecule has 0 bridgehead atoms. The molecular weight excluding hydrogens is 318 g/mol. The smallest absolute Gasteiger partial charge is 0.115 e. The molecule has 0 aromatic heterocycles. The molecule has 138 valence electrons. The number of aromatic hydroxyl groups is 1. The lowest BCUT2D eigenvalue weighted by Gasteiger charge is -2.23. The fourth-order valence-electron chi connectivity index (χ4n) is 5.22. The van der Waals surface area contributed by atoms with Crippen molar-refractivity contribution in [2.24, 2.45) is 17.8 Å². The summed E-state index contributed by atoms with van der Waals surface area (Å²) >= 11 is 0. The van der Waals surface area contributed by atoms with Gasteiger partial charge < -0.3 is 10.0 Å². The number of benzene rings is 2. The quantitative estimate of drug-likeness (QED) is 0.785. The molecule has 0 radical (unpaired) electrons. The van der Waals surface area contributed by atoms with E-state index in [1.54, 1.807) is 0 Å². The third-order valence-electron chi connectivity index (χ3n) is 6.60. The standard InChI is InChI=1S/C24H31NO/c1-18(21-9-11-24(26)12-10-21)15-25-16-22-13-20(14-23(22)17-25)8-7-19-5-3-2-4-6-19/h2-6,9-12,18,20,22-23,26H,7-8,13-17H2,1H3/t18?,20-,22+,23-. The number of likely N-dealkylation sites (tertiary alicyclic amines) is 1. The summed E-state index contributed by atoms with van der Waals surface area (Å²) in [6.07, 6.45) is 5.47. The van der Waals surface area contributed by atoms with Gasteiger partial charge in [-0.3, -0.25) is 0 Å². The fraction of sp³-hybridized carbons (Fsp3) is 0.500. The Labute approximate surface area is 157 Å². The van der Waals surface area contributed by atoms with Crippen molar-refractivity contribution in [1.82, 2.24) is 4.90 Å². The van der Waals surface area contributed by atoms with Gasteiger partial charge in [-0.2, -0.15) is 0 Å². The van der Waals surface area contributed by atoms with E-state index in [0.717, 1.165) is 24.3 Å². The minimum atomic E-state index is 0.359. The van der Waals surface area contributed by atoms with E-state index in [-0.39, 0.29) is 0 Å². The number of hydrogen-bond donors (Lipinski definition) is 1. The van der Waals surface area contributed by atoms with E-state index >= 15 is 0 Å². The molecule has 2 aliphatic rings. The Bertz CT molecular complexity index is 682. The largest absolute Gasteiger partial charge is 0.508 e. The molecule has 1 N–H and O–H groups in total. The highest BCUT2D eigenvalue weighted by molar-refractivity contribution is 5.28. The van der Waals surface area contributed by atoms with Crippen LogP contribution in [0.4, 0.5) is 0 Å². The summed E-state index contributed by atoms with van der Waals surface area (Å²) in [6.45, 7) is 6.03. The minimum absolute atomic E-state index is 0.359. The van der Waals surface area contributed by atoms with Gasteiger partial charge in [-0.15, -0.1) is 0 Å². The summed E-state index contributed by atoms with van der Waals surface area (Å²) in [5, 5.41) is 9.46. The van der Waals surface area contributed by atoms with Crippen molar-refractivity contribution < 1.29 is 5.11 Å². The van der Waals surface area contributed by atoms with Gasteiger partial charge in [-0.25, -0.2) is 0 Å². The van der Waals surface area contributed by atoms with Crippen molar-refractivity contribution in [3.05, 3.63) is 65.7 Å². The molecule has 4 rings (SSSR count). The normalized spacial score (nSPS) is 26.7. The maximum Gasteiger partial charge on any atom is 0.115 e. The molecule has 1 aliphatic heterocycles. The van der Waals surface area contributed by atoms with Crippen molar-refractivity contribution in [2.75, 3.05) is 19.6 Å². The maximum absolute atomic E-state index is 9.46. The van der Waals surface area contributed by atoms with Gasteiger partial charge in [0.05, 0.1) is 0 Å². The maximum atomic E-state index is 9.46. The first kappa shape index (κ1) is 17.6. The van der Waals surface area contributed by atoms with Gasteiger partial charge in [0.15, 0.2) is 0 Å². The molecule has 1 saturated carbocycles. The van der Waals surface area contributed by atoms with Crippen LogP contribution in [0.1, 0.15) is 43.2 Å². The molecule has 4 atom stereocenters. The average Bonchev–Trinajstić information content (AvgIpc) is 3.19.